The number of benzene rings is 1. The summed E-state index contributed by atoms with van der Waals surface area (Å²) >= 11 is 0. The van der Waals surface area contributed by atoms with Gasteiger partial charge in [0.15, 0.2) is 0 Å². The number of nitrogens with one attached hydrogen (secondary N) is 1. The van der Waals surface area contributed by atoms with Gasteiger partial charge in [0.05, 0.1) is 13.7 Å². The number of hydrogen-bond acceptors (Lipinski definition) is 4. The average molecular weight is 261 g/mol. The molecule has 1 aliphatic rings. The minimum Gasteiger partial charge on any atom is -0.453 e. The van der Waals surface area contributed by atoms with E-state index in [1.54, 1.807) is 0 Å². The molecule has 0 saturated carbocycles. The number of ether oxygens (including phenoxy) is 1. The molecule has 2 rings (SSSR count). The summed E-state index contributed by atoms with van der Waals surface area (Å²) in [6, 6.07) is 8.30. The average Bonchev–Trinajstić information content (AvgIpc) is 2.85. The molecule has 5 heteroatoms. The van der Waals surface area contributed by atoms with Crippen molar-refractivity contribution in [1.82, 2.24) is 10.2 Å². The standard InChI is InChI=1S/C14H19N3O2/c1-17-10-9-15-13(17)12-5-3-11(4-6-12)7-8-16-14(18)19-2/h3-6H,7-10H2,1-2H3,(H,16,18). The molecule has 1 aromatic carbocycles. The highest BCUT2D eigenvalue weighted by molar-refractivity contribution is 5.99. The summed E-state index contributed by atoms with van der Waals surface area (Å²) in [5.74, 6) is 1.05. The van der Waals surface area contributed by atoms with Crippen LogP contribution in [0.1, 0.15) is 11.1 Å². The zero-order chi connectivity index (χ0) is 13.7. The normalized spacial score (nSPS) is 14.2. The largest absolute Gasteiger partial charge is 0.453 e. The lowest BCUT2D eigenvalue weighted by Crippen LogP contribution is -2.25. The van der Waals surface area contributed by atoms with Crippen LogP contribution in [0.2, 0.25) is 0 Å². The highest BCUT2D eigenvalue weighted by atomic mass is 16.5. The van der Waals surface area contributed by atoms with Gasteiger partial charge in [0.1, 0.15) is 5.84 Å². The second-order valence-electron chi connectivity index (χ2n) is 4.49. The van der Waals surface area contributed by atoms with E-state index in [4.69, 9.17) is 0 Å². The van der Waals surface area contributed by atoms with Crippen molar-refractivity contribution >= 4 is 11.9 Å². The van der Waals surface area contributed by atoms with Gasteiger partial charge in [-0.25, -0.2) is 4.79 Å². The highest BCUT2D eigenvalue weighted by Gasteiger charge is 2.13. The molecule has 19 heavy (non-hydrogen) atoms. The van der Waals surface area contributed by atoms with Crippen LogP contribution in [-0.4, -0.2) is 50.6 Å². The molecule has 0 radical (unpaired) electrons. The maximum atomic E-state index is 10.9. The summed E-state index contributed by atoms with van der Waals surface area (Å²) in [6.45, 7) is 2.43. The quantitative estimate of drug-likeness (QED) is 0.888. The third-order valence-electron chi connectivity index (χ3n) is 3.14. The number of aliphatic imine (C=N–C) groups is 1. The Morgan fingerprint density at radius 1 is 1.42 bits per heavy atom. The first-order valence-corrected chi connectivity index (χ1v) is 6.37. The SMILES string of the molecule is COC(=O)NCCc1ccc(C2=NCCN2C)cc1. The number of hydrogen-bond donors (Lipinski definition) is 1. The van der Waals surface area contributed by atoms with Crippen LogP contribution >= 0.6 is 0 Å². The van der Waals surface area contributed by atoms with Gasteiger partial charge >= 0.3 is 6.09 Å². The van der Waals surface area contributed by atoms with Crippen LogP contribution < -0.4 is 5.32 Å². The molecule has 1 aromatic rings. The number of carbonyl (C=O) groups is 1. The van der Waals surface area contributed by atoms with Crippen LogP contribution in [0.3, 0.4) is 0 Å². The molecule has 0 fully saturated rings. The van der Waals surface area contributed by atoms with Gasteiger partial charge < -0.3 is 15.0 Å². The summed E-state index contributed by atoms with van der Waals surface area (Å²) in [7, 11) is 3.42. The molecule has 1 N–H and O–H groups in total. The van der Waals surface area contributed by atoms with Crippen LogP contribution in [0.25, 0.3) is 0 Å². The topological polar surface area (TPSA) is 53.9 Å². The fourth-order valence-corrected chi connectivity index (χ4v) is 2.05. The fourth-order valence-electron chi connectivity index (χ4n) is 2.05. The lowest BCUT2D eigenvalue weighted by molar-refractivity contribution is 0.171. The lowest BCUT2D eigenvalue weighted by atomic mass is 10.1. The third-order valence-corrected chi connectivity index (χ3v) is 3.14. The van der Waals surface area contributed by atoms with Crippen molar-refractivity contribution in [1.29, 1.82) is 0 Å². The van der Waals surface area contributed by atoms with Gasteiger partial charge in [0, 0.05) is 25.7 Å². The molecule has 0 aromatic heterocycles. The van der Waals surface area contributed by atoms with E-state index in [-0.39, 0.29) is 0 Å². The number of likely N-dealkylation sites (N-methyl/N-ethyl adjacent to an activating group) is 1. The van der Waals surface area contributed by atoms with E-state index in [1.165, 1.54) is 12.7 Å². The molecule has 0 aliphatic carbocycles. The highest BCUT2D eigenvalue weighted by Crippen LogP contribution is 2.11. The zero-order valence-electron chi connectivity index (χ0n) is 11.3. The van der Waals surface area contributed by atoms with Crippen LogP contribution in [0, 0.1) is 0 Å². The smallest absolute Gasteiger partial charge is 0.406 e. The van der Waals surface area contributed by atoms with E-state index in [1.807, 2.05) is 0 Å². The summed E-state index contributed by atoms with van der Waals surface area (Å²) in [5, 5.41) is 2.66. The number of methoxy groups -OCH3 is 1. The van der Waals surface area contributed by atoms with Crippen LogP contribution in [0.4, 0.5) is 4.79 Å². The number of nitrogens with zero attached hydrogens (tertiary/aromatic N) is 2. The lowest BCUT2D eigenvalue weighted by Gasteiger charge is -2.14. The van der Waals surface area contributed by atoms with Crippen molar-refractivity contribution in [3.05, 3.63) is 35.4 Å². The van der Waals surface area contributed by atoms with Gasteiger partial charge in [-0.05, 0) is 12.0 Å². The monoisotopic (exact) mass is 261 g/mol. The first kappa shape index (κ1) is 13.4. The fraction of sp³-hybridized carbons (Fsp3) is 0.429. The van der Waals surface area contributed by atoms with E-state index in [0.717, 1.165) is 30.9 Å². The van der Waals surface area contributed by atoms with Gasteiger partial charge in [0.25, 0.3) is 0 Å². The zero-order valence-corrected chi connectivity index (χ0v) is 11.3. The number of carbonyl (C=O) groups excluding carboxylic acids is 1. The van der Waals surface area contributed by atoms with Crippen molar-refractivity contribution in [2.45, 2.75) is 6.42 Å². The molecular weight excluding hydrogens is 242 g/mol. The number of rotatable bonds is 4. The summed E-state index contributed by atoms with van der Waals surface area (Å²) < 4.78 is 4.52. The number of amides is 1. The molecular formula is C14H19N3O2. The first-order valence-electron chi connectivity index (χ1n) is 6.37. The maximum Gasteiger partial charge on any atom is 0.406 e. The molecule has 1 aliphatic heterocycles. The van der Waals surface area contributed by atoms with E-state index in [2.05, 4.69) is 51.3 Å². The molecule has 0 bridgehead atoms. The van der Waals surface area contributed by atoms with Crippen LogP contribution in [-0.2, 0) is 11.2 Å². The Labute approximate surface area is 113 Å². The molecule has 1 amide bonds. The molecule has 102 valence electrons. The number of amidine groups is 1. The van der Waals surface area contributed by atoms with Crippen molar-refractivity contribution < 1.29 is 9.53 Å². The molecule has 0 saturated heterocycles. The van der Waals surface area contributed by atoms with Crippen molar-refractivity contribution in [3.63, 3.8) is 0 Å². The molecule has 0 unspecified atom stereocenters. The Morgan fingerprint density at radius 3 is 2.74 bits per heavy atom. The van der Waals surface area contributed by atoms with Gasteiger partial charge in [-0.15, -0.1) is 0 Å². The van der Waals surface area contributed by atoms with Crippen molar-refractivity contribution in [3.8, 4) is 0 Å². The molecule has 0 spiro atoms. The molecule has 5 nitrogen and oxygen atoms in total. The van der Waals surface area contributed by atoms with Crippen LogP contribution in [0.15, 0.2) is 29.3 Å². The van der Waals surface area contributed by atoms with Crippen molar-refractivity contribution in [2.75, 3.05) is 33.8 Å². The van der Waals surface area contributed by atoms with E-state index in [0.29, 0.717) is 6.54 Å². The molecule has 1 heterocycles. The second kappa shape index (κ2) is 6.22. The van der Waals surface area contributed by atoms with Gasteiger partial charge in [-0.3, -0.25) is 4.99 Å². The predicted molar refractivity (Wildman–Crippen MR) is 74.6 cm³/mol. The minimum absolute atomic E-state index is 0.390. The predicted octanol–water partition coefficient (Wildman–Crippen LogP) is 1.28. The number of alkyl carbamates (subject to hydrolysis) is 1. The van der Waals surface area contributed by atoms with Gasteiger partial charge in [0.2, 0.25) is 0 Å². The Bertz CT molecular complexity index is 468. The summed E-state index contributed by atoms with van der Waals surface area (Å²) in [5.41, 5.74) is 2.33. The summed E-state index contributed by atoms with van der Waals surface area (Å²) in [6.07, 6.45) is 0.399. The Kier molecular flexibility index (Phi) is 4.39. The van der Waals surface area contributed by atoms with E-state index in [9.17, 15) is 4.79 Å². The van der Waals surface area contributed by atoms with E-state index >= 15 is 0 Å². The Hall–Kier alpha value is -2.04. The molecule has 0 atom stereocenters. The third kappa shape index (κ3) is 3.47. The minimum atomic E-state index is -0.390. The van der Waals surface area contributed by atoms with Crippen molar-refractivity contribution in [2.24, 2.45) is 4.99 Å². The first-order chi connectivity index (χ1) is 9.20. The van der Waals surface area contributed by atoms with E-state index < -0.39 is 6.09 Å². The second-order valence-corrected chi connectivity index (χ2v) is 4.49. The van der Waals surface area contributed by atoms with Gasteiger partial charge in [-0.2, -0.15) is 0 Å². The van der Waals surface area contributed by atoms with Gasteiger partial charge in [-0.1, -0.05) is 24.3 Å². The Morgan fingerprint density at radius 2 is 2.16 bits per heavy atom. The Balaban J connectivity index is 1.90. The summed E-state index contributed by atoms with van der Waals surface area (Å²) in [4.78, 5) is 17.6. The maximum absolute atomic E-state index is 10.9. The van der Waals surface area contributed by atoms with Crippen LogP contribution in [0.5, 0.6) is 0 Å².